The third-order valence-electron chi connectivity index (χ3n) is 3.32. The van der Waals surface area contributed by atoms with E-state index in [1.165, 1.54) is 16.4 Å². The van der Waals surface area contributed by atoms with Gasteiger partial charge in [-0.05, 0) is 37.0 Å². The summed E-state index contributed by atoms with van der Waals surface area (Å²) < 4.78 is 39.6. The van der Waals surface area contributed by atoms with Gasteiger partial charge in [-0.25, -0.2) is 12.8 Å². The molecule has 0 bridgehead atoms. The highest BCUT2D eigenvalue weighted by Crippen LogP contribution is 2.25. The molecule has 0 amide bonds. The Balaban J connectivity index is 2.30. The normalized spacial score (nSPS) is 19.0. The van der Waals surface area contributed by atoms with Crippen LogP contribution in [0.2, 0.25) is 0 Å². The predicted molar refractivity (Wildman–Crippen MR) is 68.0 cm³/mol. The molecule has 1 aliphatic heterocycles. The first-order valence-corrected chi connectivity index (χ1v) is 7.40. The van der Waals surface area contributed by atoms with Gasteiger partial charge in [0.25, 0.3) is 0 Å². The molecule has 0 atom stereocenters. The van der Waals surface area contributed by atoms with Crippen LogP contribution in [0.4, 0.5) is 10.1 Å². The van der Waals surface area contributed by atoms with Crippen LogP contribution in [0.5, 0.6) is 0 Å². The zero-order chi connectivity index (χ0) is 13.3. The van der Waals surface area contributed by atoms with Crippen LogP contribution >= 0.6 is 0 Å². The van der Waals surface area contributed by atoms with Crippen molar-refractivity contribution in [2.24, 2.45) is 5.92 Å². The van der Waals surface area contributed by atoms with Crippen LogP contribution in [0.1, 0.15) is 19.8 Å². The first kappa shape index (κ1) is 13.3. The lowest BCUT2D eigenvalue weighted by molar-refractivity contribution is 0.287. The molecule has 2 N–H and O–H groups in total. The van der Waals surface area contributed by atoms with Crippen LogP contribution < -0.4 is 5.73 Å². The van der Waals surface area contributed by atoms with E-state index in [1.807, 2.05) is 0 Å². The summed E-state index contributed by atoms with van der Waals surface area (Å²) in [5, 5.41) is 0. The standard InChI is InChI=1S/C12H17FN2O2S/c1-9-4-6-15(7-5-9)18(16,17)12-3-2-10(14)8-11(12)13/h2-3,8-9H,4-7,14H2,1H3. The second kappa shape index (κ2) is 4.85. The Morgan fingerprint density at radius 1 is 1.33 bits per heavy atom. The van der Waals surface area contributed by atoms with Gasteiger partial charge in [0.05, 0.1) is 0 Å². The number of hydrogen-bond donors (Lipinski definition) is 1. The van der Waals surface area contributed by atoms with Crippen LogP contribution in [0, 0.1) is 11.7 Å². The Kier molecular flexibility index (Phi) is 3.59. The summed E-state index contributed by atoms with van der Waals surface area (Å²) in [6.45, 7) is 2.99. The first-order valence-electron chi connectivity index (χ1n) is 5.96. The summed E-state index contributed by atoms with van der Waals surface area (Å²) >= 11 is 0. The number of halogens is 1. The van der Waals surface area contributed by atoms with Gasteiger partial charge in [-0.15, -0.1) is 0 Å². The third-order valence-corrected chi connectivity index (χ3v) is 5.25. The van der Waals surface area contributed by atoms with E-state index >= 15 is 0 Å². The van der Waals surface area contributed by atoms with Crippen molar-refractivity contribution in [2.45, 2.75) is 24.7 Å². The van der Waals surface area contributed by atoms with Gasteiger partial charge in [0, 0.05) is 18.8 Å². The fourth-order valence-electron chi connectivity index (χ4n) is 2.09. The minimum Gasteiger partial charge on any atom is -0.399 e. The zero-order valence-electron chi connectivity index (χ0n) is 10.3. The lowest BCUT2D eigenvalue weighted by Gasteiger charge is -2.29. The summed E-state index contributed by atoms with van der Waals surface area (Å²) in [5.74, 6) is -0.263. The van der Waals surface area contributed by atoms with Gasteiger partial charge in [0.15, 0.2) is 0 Å². The number of piperidine rings is 1. The quantitative estimate of drug-likeness (QED) is 0.835. The highest BCUT2D eigenvalue weighted by Gasteiger charge is 2.30. The number of hydrogen-bond acceptors (Lipinski definition) is 3. The molecule has 6 heteroatoms. The van der Waals surface area contributed by atoms with Crippen LogP contribution in [-0.4, -0.2) is 25.8 Å². The molecular formula is C12H17FN2O2S. The van der Waals surface area contributed by atoms with Crippen LogP contribution in [-0.2, 0) is 10.0 Å². The lowest BCUT2D eigenvalue weighted by Crippen LogP contribution is -2.38. The fraction of sp³-hybridized carbons (Fsp3) is 0.500. The Hall–Kier alpha value is -1.14. The largest absolute Gasteiger partial charge is 0.399 e. The maximum atomic E-state index is 13.7. The lowest BCUT2D eigenvalue weighted by atomic mass is 10.0. The molecule has 0 radical (unpaired) electrons. The average molecular weight is 272 g/mol. The van der Waals surface area contributed by atoms with Crippen molar-refractivity contribution in [3.8, 4) is 0 Å². The molecule has 1 aromatic rings. The van der Waals surface area contributed by atoms with Crippen molar-refractivity contribution in [2.75, 3.05) is 18.8 Å². The van der Waals surface area contributed by atoms with Gasteiger partial charge < -0.3 is 5.73 Å². The fourth-order valence-corrected chi connectivity index (χ4v) is 3.61. The molecule has 1 heterocycles. The van der Waals surface area contributed by atoms with Crippen molar-refractivity contribution in [1.82, 2.24) is 4.31 Å². The van der Waals surface area contributed by atoms with Crippen molar-refractivity contribution in [1.29, 1.82) is 0 Å². The average Bonchev–Trinajstić information content (AvgIpc) is 2.29. The number of anilines is 1. The Morgan fingerprint density at radius 3 is 2.50 bits per heavy atom. The van der Waals surface area contributed by atoms with E-state index in [0.717, 1.165) is 18.9 Å². The highest BCUT2D eigenvalue weighted by molar-refractivity contribution is 7.89. The SMILES string of the molecule is CC1CCN(S(=O)(=O)c2ccc(N)cc2F)CC1. The molecular weight excluding hydrogens is 255 g/mol. The maximum Gasteiger partial charge on any atom is 0.245 e. The molecule has 100 valence electrons. The second-order valence-electron chi connectivity index (χ2n) is 4.78. The number of nitrogen functional groups attached to an aromatic ring is 1. The van der Waals surface area contributed by atoms with Gasteiger partial charge in [0.2, 0.25) is 10.0 Å². The van der Waals surface area contributed by atoms with Gasteiger partial charge in [-0.2, -0.15) is 4.31 Å². The second-order valence-corrected chi connectivity index (χ2v) is 6.68. The molecule has 0 saturated carbocycles. The Labute approximate surface area is 107 Å². The molecule has 1 fully saturated rings. The molecule has 1 aliphatic rings. The van der Waals surface area contributed by atoms with E-state index in [0.29, 0.717) is 19.0 Å². The van der Waals surface area contributed by atoms with Gasteiger partial charge in [0.1, 0.15) is 10.7 Å². The van der Waals surface area contributed by atoms with E-state index in [4.69, 9.17) is 5.73 Å². The van der Waals surface area contributed by atoms with Gasteiger partial charge in [-0.1, -0.05) is 6.92 Å². The monoisotopic (exact) mass is 272 g/mol. The number of nitrogens with zero attached hydrogens (tertiary/aromatic N) is 1. The highest BCUT2D eigenvalue weighted by atomic mass is 32.2. The molecule has 18 heavy (non-hydrogen) atoms. The van der Waals surface area contributed by atoms with E-state index in [1.54, 1.807) is 0 Å². The van der Waals surface area contributed by atoms with Gasteiger partial charge >= 0.3 is 0 Å². The molecule has 2 rings (SSSR count). The van der Waals surface area contributed by atoms with Crippen molar-refractivity contribution in [3.63, 3.8) is 0 Å². The first-order chi connectivity index (χ1) is 8.41. The van der Waals surface area contributed by atoms with Crippen LogP contribution in [0.15, 0.2) is 23.1 Å². The number of rotatable bonds is 2. The van der Waals surface area contributed by atoms with Gasteiger partial charge in [-0.3, -0.25) is 0 Å². The van der Waals surface area contributed by atoms with Crippen LogP contribution in [0.3, 0.4) is 0 Å². The van der Waals surface area contributed by atoms with E-state index in [9.17, 15) is 12.8 Å². The molecule has 4 nitrogen and oxygen atoms in total. The van der Waals surface area contributed by atoms with E-state index in [2.05, 4.69) is 6.92 Å². The van der Waals surface area contributed by atoms with E-state index < -0.39 is 15.8 Å². The molecule has 0 aliphatic carbocycles. The predicted octanol–water partition coefficient (Wildman–Crippen LogP) is 1.83. The minimum atomic E-state index is -3.73. The Bertz CT molecular complexity index is 537. The van der Waals surface area contributed by atoms with E-state index in [-0.39, 0.29) is 10.6 Å². The van der Waals surface area contributed by atoms with Crippen LogP contribution in [0.25, 0.3) is 0 Å². The zero-order valence-corrected chi connectivity index (χ0v) is 11.1. The smallest absolute Gasteiger partial charge is 0.245 e. The molecule has 0 aromatic heterocycles. The molecule has 1 saturated heterocycles. The third kappa shape index (κ3) is 2.49. The topological polar surface area (TPSA) is 63.4 Å². The summed E-state index contributed by atoms with van der Waals surface area (Å²) in [6, 6.07) is 3.68. The van der Waals surface area contributed by atoms with Crippen molar-refractivity contribution < 1.29 is 12.8 Å². The minimum absolute atomic E-state index is 0.221. The molecule has 0 unspecified atom stereocenters. The summed E-state index contributed by atoms with van der Waals surface area (Å²) in [4.78, 5) is -0.286. The van der Waals surface area contributed by atoms with Crippen molar-refractivity contribution >= 4 is 15.7 Å². The summed E-state index contributed by atoms with van der Waals surface area (Å²) in [5.41, 5.74) is 5.64. The number of nitrogens with two attached hydrogens (primary N) is 1. The number of sulfonamides is 1. The summed E-state index contributed by atoms with van der Waals surface area (Å²) in [7, 11) is -3.73. The summed E-state index contributed by atoms with van der Waals surface area (Å²) in [6.07, 6.45) is 1.63. The maximum absolute atomic E-state index is 13.7. The molecule has 0 spiro atoms. The molecule has 1 aromatic carbocycles. The Morgan fingerprint density at radius 2 is 1.94 bits per heavy atom. The number of benzene rings is 1. The van der Waals surface area contributed by atoms with Crippen molar-refractivity contribution in [3.05, 3.63) is 24.0 Å².